The van der Waals surface area contributed by atoms with Crippen molar-refractivity contribution in [3.05, 3.63) is 42.7 Å². The Balaban J connectivity index is 2.36. The fourth-order valence-corrected chi connectivity index (χ4v) is 3.61. The first kappa shape index (κ1) is 11.1. The van der Waals surface area contributed by atoms with Gasteiger partial charge in [-0.15, -0.1) is 22.7 Å². The van der Waals surface area contributed by atoms with E-state index in [0.29, 0.717) is 5.02 Å². The van der Waals surface area contributed by atoms with Gasteiger partial charge in [0.1, 0.15) is 6.10 Å². The lowest BCUT2D eigenvalue weighted by Crippen LogP contribution is -1.94. The zero-order valence-electron chi connectivity index (χ0n) is 8.45. The van der Waals surface area contributed by atoms with Gasteiger partial charge in [0.05, 0.1) is 9.90 Å². The standard InChI is InChI=1S/C11H11ClOS2/c1-6-5-14-11(9(6)12)10(13)8-4-3-7(2)15-8/h3-5,10,13H,1-2H3. The minimum Gasteiger partial charge on any atom is -0.382 e. The van der Waals surface area contributed by atoms with Crippen molar-refractivity contribution in [1.82, 2.24) is 0 Å². The first-order valence-electron chi connectivity index (χ1n) is 4.57. The van der Waals surface area contributed by atoms with E-state index in [0.717, 1.165) is 15.3 Å². The second-order valence-corrected chi connectivity index (χ2v) is 6.06. The molecule has 0 aliphatic heterocycles. The molecule has 1 atom stereocenters. The van der Waals surface area contributed by atoms with Gasteiger partial charge in [0.15, 0.2) is 0 Å². The average Bonchev–Trinajstić information content (AvgIpc) is 2.75. The summed E-state index contributed by atoms with van der Waals surface area (Å²) in [5.41, 5.74) is 1.03. The predicted molar refractivity (Wildman–Crippen MR) is 67.2 cm³/mol. The van der Waals surface area contributed by atoms with Crippen LogP contribution in [0.4, 0.5) is 0 Å². The highest BCUT2D eigenvalue weighted by Crippen LogP contribution is 2.37. The lowest BCUT2D eigenvalue weighted by Gasteiger charge is -2.06. The first-order chi connectivity index (χ1) is 7.09. The van der Waals surface area contributed by atoms with Gasteiger partial charge in [-0.25, -0.2) is 0 Å². The number of aliphatic hydroxyl groups excluding tert-OH is 1. The fourth-order valence-electron chi connectivity index (χ4n) is 1.36. The maximum Gasteiger partial charge on any atom is 0.124 e. The van der Waals surface area contributed by atoms with Gasteiger partial charge in [0, 0.05) is 9.75 Å². The normalized spacial score (nSPS) is 13.1. The van der Waals surface area contributed by atoms with Crippen molar-refractivity contribution in [2.45, 2.75) is 20.0 Å². The van der Waals surface area contributed by atoms with Gasteiger partial charge >= 0.3 is 0 Å². The van der Waals surface area contributed by atoms with Gasteiger partial charge in [-0.1, -0.05) is 11.6 Å². The zero-order chi connectivity index (χ0) is 11.0. The Labute approximate surface area is 102 Å². The molecule has 2 rings (SSSR count). The summed E-state index contributed by atoms with van der Waals surface area (Å²) >= 11 is 9.24. The van der Waals surface area contributed by atoms with E-state index in [1.54, 1.807) is 11.3 Å². The van der Waals surface area contributed by atoms with Crippen LogP contribution in [0.25, 0.3) is 0 Å². The summed E-state index contributed by atoms with van der Waals surface area (Å²) in [4.78, 5) is 3.00. The molecule has 0 bridgehead atoms. The Bertz CT molecular complexity index is 473. The van der Waals surface area contributed by atoms with Crippen LogP contribution in [-0.4, -0.2) is 5.11 Å². The summed E-state index contributed by atoms with van der Waals surface area (Å²) in [5, 5.41) is 12.8. The molecule has 1 N–H and O–H groups in total. The molecule has 2 aromatic rings. The van der Waals surface area contributed by atoms with E-state index in [9.17, 15) is 5.11 Å². The number of aliphatic hydroxyl groups is 1. The van der Waals surface area contributed by atoms with Crippen molar-refractivity contribution in [1.29, 1.82) is 0 Å². The second-order valence-electron chi connectivity index (χ2n) is 3.45. The SMILES string of the molecule is Cc1ccc(C(O)c2scc(C)c2Cl)s1. The van der Waals surface area contributed by atoms with Crippen LogP contribution in [0.15, 0.2) is 17.5 Å². The molecule has 0 aromatic carbocycles. The van der Waals surface area contributed by atoms with Crippen LogP contribution in [0.1, 0.15) is 26.3 Å². The topological polar surface area (TPSA) is 20.2 Å². The van der Waals surface area contributed by atoms with Crippen molar-refractivity contribution in [2.75, 3.05) is 0 Å². The Kier molecular flexibility index (Phi) is 3.16. The van der Waals surface area contributed by atoms with Gasteiger partial charge in [-0.3, -0.25) is 0 Å². The van der Waals surface area contributed by atoms with E-state index in [4.69, 9.17) is 11.6 Å². The molecular formula is C11H11ClOS2. The van der Waals surface area contributed by atoms with Crippen LogP contribution >= 0.6 is 34.3 Å². The lowest BCUT2D eigenvalue weighted by molar-refractivity contribution is 0.228. The van der Waals surface area contributed by atoms with Gasteiger partial charge in [-0.2, -0.15) is 0 Å². The smallest absolute Gasteiger partial charge is 0.124 e. The van der Waals surface area contributed by atoms with Gasteiger partial charge < -0.3 is 5.11 Å². The molecule has 1 unspecified atom stereocenters. The molecule has 0 amide bonds. The third kappa shape index (κ3) is 2.11. The number of hydrogen-bond donors (Lipinski definition) is 1. The molecule has 15 heavy (non-hydrogen) atoms. The number of aryl methyl sites for hydroxylation is 2. The van der Waals surface area contributed by atoms with E-state index < -0.39 is 6.10 Å². The summed E-state index contributed by atoms with van der Waals surface area (Å²) in [6.07, 6.45) is -0.574. The van der Waals surface area contributed by atoms with E-state index in [1.165, 1.54) is 16.2 Å². The van der Waals surface area contributed by atoms with Crippen molar-refractivity contribution in [3.8, 4) is 0 Å². The monoisotopic (exact) mass is 258 g/mol. The molecule has 0 saturated heterocycles. The highest BCUT2D eigenvalue weighted by molar-refractivity contribution is 7.13. The van der Waals surface area contributed by atoms with Crippen molar-refractivity contribution in [3.63, 3.8) is 0 Å². The molecule has 0 aliphatic rings. The van der Waals surface area contributed by atoms with Crippen LogP contribution in [0.3, 0.4) is 0 Å². The zero-order valence-corrected chi connectivity index (χ0v) is 10.8. The predicted octanol–water partition coefficient (Wildman–Crippen LogP) is 4.16. The van der Waals surface area contributed by atoms with Crippen LogP contribution in [0, 0.1) is 13.8 Å². The molecule has 4 heteroatoms. The highest BCUT2D eigenvalue weighted by Gasteiger charge is 2.18. The molecule has 80 valence electrons. The van der Waals surface area contributed by atoms with E-state index in [2.05, 4.69) is 0 Å². The van der Waals surface area contributed by atoms with Gasteiger partial charge in [-0.05, 0) is 36.9 Å². The number of hydrogen-bond acceptors (Lipinski definition) is 3. The molecule has 0 spiro atoms. The molecule has 0 aliphatic carbocycles. The molecule has 2 heterocycles. The fraction of sp³-hybridized carbons (Fsp3) is 0.273. The molecule has 0 radical (unpaired) electrons. The maximum atomic E-state index is 10.1. The molecule has 1 nitrogen and oxygen atoms in total. The highest BCUT2D eigenvalue weighted by atomic mass is 35.5. The van der Waals surface area contributed by atoms with Crippen LogP contribution in [0.2, 0.25) is 5.02 Å². The van der Waals surface area contributed by atoms with E-state index >= 15 is 0 Å². The molecule has 2 aromatic heterocycles. The number of thiophene rings is 2. The third-order valence-corrected chi connectivity index (χ3v) is 5.02. The summed E-state index contributed by atoms with van der Waals surface area (Å²) in [6, 6.07) is 3.97. The average molecular weight is 259 g/mol. The quantitative estimate of drug-likeness (QED) is 0.858. The van der Waals surface area contributed by atoms with Crippen LogP contribution in [-0.2, 0) is 0 Å². The van der Waals surface area contributed by atoms with Crippen LogP contribution in [0.5, 0.6) is 0 Å². The van der Waals surface area contributed by atoms with Crippen LogP contribution < -0.4 is 0 Å². The minimum atomic E-state index is -0.574. The second kappa shape index (κ2) is 4.26. The van der Waals surface area contributed by atoms with Crippen molar-refractivity contribution < 1.29 is 5.11 Å². The van der Waals surface area contributed by atoms with E-state index in [-0.39, 0.29) is 0 Å². The number of halogens is 1. The summed E-state index contributed by atoms with van der Waals surface area (Å²) < 4.78 is 0. The first-order valence-corrected chi connectivity index (χ1v) is 6.65. The van der Waals surface area contributed by atoms with Crippen molar-refractivity contribution >= 4 is 34.3 Å². The molecule has 0 saturated carbocycles. The van der Waals surface area contributed by atoms with E-state index in [1.807, 2.05) is 31.4 Å². The molecular weight excluding hydrogens is 248 g/mol. The summed E-state index contributed by atoms with van der Waals surface area (Å²) in [7, 11) is 0. The van der Waals surface area contributed by atoms with Crippen molar-refractivity contribution in [2.24, 2.45) is 0 Å². The molecule has 0 fully saturated rings. The largest absolute Gasteiger partial charge is 0.382 e. The Hall–Kier alpha value is -0.350. The summed E-state index contributed by atoms with van der Waals surface area (Å²) in [6.45, 7) is 3.98. The Morgan fingerprint density at radius 1 is 1.33 bits per heavy atom. The summed E-state index contributed by atoms with van der Waals surface area (Å²) in [5.74, 6) is 0. The van der Waals surface area contributed by atoms with Gasteiger partial charge in [0.2, 0.25) is 0 Å². The third-order valence-electron chi connectivity index (χ3n) is 2.20. The Morgan fingerprint density at radius 2 is 2.07 bits per heavy atom. The number of rotatable bonds is 2. The van der Waals surface area contributed by atoms with Gasteiger partial charge in [0.25, 0.3) is 0 Å². The lowest BCUT2D eigenvalue weighted by atomic mass is 10.2. The Morgan fingerprint density at radius 3 is 2.53 bits per heavy atom. The minimum absolute atomic E-state index is 0.574. The maximum absolute atomic E-state index is 10.1.